The van der Waals surface area contributed by atoms with Crippen LogP contribution in [-0.4, -0.2) is 21.8 Å². The van der Waals surface area contributed by atoms with Crippen molar-refractivity contribution in [2.24, 2.45) is 5.73 Å². The third-order valence-electron chi connectivity index (χ3n) is 4.81. The number of nitrogens with zero attached hydrogens (tertiary/aromatic N) is 1. The van der Waals surface area contributed by atoms with E-state index in [1.165, 1.54) is 17.5 Å². The number of nitrogens with one attached hydrogen (secondary N) is 2. The van der Waals surface area contributed by atoms with E-state index in [9.17, 15) is 14.4 Å². The number of nitrogens with two attached hydrogens (primary N) is 1. The molecular weight excluding hydrogens is 412 g/mol. The number of fused-ring (bicyclic) bond motifs is 1. The van der Waals surface area contributed by atoms with E-state index in [0.29, 0.717) is 27.0 Å². The van der Waals surface area contributed by atoms with Crippen molar-refractivity contribution in [1.29, 1.82) is 0 Å². The lowest BCUT2D eigenvalue weighted by molar-refractivity contribution is 0.100. The molecule has 0 spiro atoms. The third kappa shape index (κ3) is 3.81. The normalized spacial score (nSPS) is 13.0. The van der Waals surface area contributed by atoms with Crippen LogP contribution >= 0.6 is 22.9 Å². The number of anilines is 1. The van der Waals surface area contributed by atoms with Gasteiger partial charge >= 0.3 is 0 Å². The molecule has 0 radical (unpaired) electrons. The topological polar surface area (TPSA) is 118 Å². The Kier molecular flexibility index (Phi) is 5.21. The number of aryl methyl sites for hydroxylation is 1. The van der Waals surface area contributed by atoms with Gasteiger partial charge in [0.15, 0.2) is 0 Å². The molecule has 0 unspecified atom stereocenters. The first-order valence-corrected chi connectivity index (χ1v) is 10.2. The number of carbonyl (C=O) groups is 2. The Bertz CT molecular complexity index is 1170. The first-order valence-electron chi connectivity index (χ1n) is 9.05. The number of halogens is 1. The molecule has 29 heavy (non-hydrogen) atoms. The summed E-state index contributed by atoms with van der Waals surface area (Å²) in [6, 6.07) is 6.80. The van der Waals surface area contributed by atoms with E-state index in [1.807, 2.05) is 0 Å². The Labute approximate surface area is 174 Å². The summed E-state index contributed by atoms with van der Waals surface area (Å²) in [5.74, 6) is -0.889. The Morgan fingerprint density at radius 2 is 1.90 bits per heavy atom. The van der Waals surface area contributed by atoms with Gasteiger partial charge in [-0.05, 0) is 55.5 Å². The molecule has 2 amide bonds. The number of amides is 2. The lowest BCUT2D eigenvalue weighted by Crippen LogP contribution is -2.25. The van der Waals surface area contributed by atoms with Crippen molar-refractivity contribution in [1.82, 2.24) is 9.97 Å². The quantitative estimate of drug-likeness (QED) is 0.590. The maximum Gasteiger partial charge on any atom is 0.264 e. The molecule has 2 aromatic heterocycles. The third-order valence-corrected chi connectivity index (χ3v) is 6.27. The number of aromatic amines is 1. The Balaban J connectivity index is 1.63. The molecule has 0 saturated heterocycles. The van der Waals surface area contributed by atoms with E-state index in [2.05, 4.69) is 15.3 Å². The summed E-state index contributed by atoms with van der Waals surface area (Å²) in [7, 11) is 0. The van der Waals surface area contributed by atoms with Gasteiger partial charge in [0.1, 0.15) is 16.4 Å². The average Bonchev–Trinajstić information content (AvgIpc) is 3.06. The van der Waals surface area contributed by atoms with E-state index in [0.717, 1.165) is 36.1 Å². The second-order valence-electron chi connectivity index (χ2n) is 6.71. The standard InChI is InChI=1S/C20H17ClN4O3S/c21-11-7-5-10(6-8-11)17-23-9-13(18(27)24-17)19(28)25-20-15(16(22)26)12-3-1-2-4-14(12)29-20/h5-9H,1-4H2,(H2,22,26)(H,25,28)(H,23,24,27). The highest BCUT2D eigenvalue weighted by atomic mass is 35.5. The Morgan fingerprint density at radius 1 is 1.17 bits per heavy atom. The summed E-state index contributed by atoms with van der Waals surface area (Å²) in [6.07, 6.45) is 4.85. The molecule has 3 aromatic rings. The number of rotatable bonds is 4. The zero-order valence-electron chi connectivity index (χ0n) is 15.3. The molecule has 148 valence electrons. The van der Waals surface area contributed by atoms with Gasteiger partial charge in [0.25, 0.3) is 17.4 Å². The highest BCUT2D eigenvalue weighted by Gasteiger charge is 2.25. The van der Waals surface area contributed by atoms with Crippen LogP contribution < -0.4 is 16.6 Å². The summed E-state index contributed by atoms with van der Waals surface area (Å²) in [6.45, 7) is 0. The number of primary amides is 1. The molecule has 0 atom stereocenters. The van der Waals surface area contributed by atoms with Crippen molar-refractivity contribution in [3.05, 3.63) is 67.4 Å². The number of hydrogen-bond acceptors (Lipinski definition) is 5. The highest BCUT2D eigenvalue weighted by molar-refractivity contribution is 7.17. The van der Waals surface area contributed by atoms with Gasteiger partial charge in [-0.25, -0.2) is 4.98 Å². The maximum absolute atomic E-state index is 12.7. The molecule has 1 aliphatic carbocycles. The summed E-state index contributed by atoms with van der Waals surface area (Å²) in [5, 5.41) is 3.62. The lowest BCUT2D eigenvalue weighted by Gasteiger charge is -2.11. The summed E-state index contributed by atoms with van der Waals surface area (Å²) in [4.78, 5) is 44.9. The van der Waals surface area contributed by atoms with Crippen LogP contribution in [-0.2, 0) is 12.8 Å². The van der Waals surface area contributed by atoms with E-state index in [-0.39, 0.29) is 5.56 Å². The van der Waals surface area contributed by atoms with Crippen LogP contribution in [0.3, 0.4) is 0 Å². The molecule has 0 aliphatic heterocycles. The largest absolute Gasteiger partial charge is 0.365 e. The minimum absolute atomic E-state index is 0.149. The fraction of sp³-hybridized carbons (Fsp3) is 0.200. The first-order chi connectivity index (χ1) is 13.9. The highest BCUT2D eigenvalue weighted by Crippen LogP contribution is 2.38. The zero-order chi connectivity index (χ0) is 20.5. The van der Waals surface area contributed by atoms with Gasteiger partial charge in [-0.3, -0.25) is 14.4 Å². The molecule has 4 N–H and O–H groups in total. The van der Waals surface area contributed by atoms with Crippen molar-refractivity contribution >= 4 is 39.8 Å². The Morgan fingerprint density at radius 3 is 2.59 bits per heavy atom. The number of aromatic nitrogens is 2. The minimum atomic E-state index is -0.637. The molecule has 2 heterocycles. The van der Waals surface area contributed by atoms with Crippen molar-refractivity contribution in [2.45, 2.75) is 25.7 Å². The summed E-state index contributed by atoms with van der Waals surface area (Å²) < 4.78 is 0. The van der Waals surface area contributed by atoms with E-state index in [1.54, 1.807) is 24.3 Å². The lowest BCUT2D eigenvalue weighted by atomic mass is 9.95. The number of hydrogen-bond donors (Lipinski definition) is 3. The van der Waals surface area contributed by atoms with Crippen molar-refractivity contribution in [3.63, 3.8) is 0 Å². The predicted molar refractivity (Wildman–Crippen MR) is 113 cm³/mol. The van der Waals surface area contributed by atoms with Gasteiger partial charge in [-0.15, -0.1) is 11.3 Å². The van der Waals surface area contributed by atoms with E-state index >= 15 is 0 Å². The molecule has 0 bridgehead atoms. The fourth-order valence-electron chi connectivity index (χ4n) is 3.40. The van der Waals surface area contributed by atoms with E-state index in [4.69, 9.17) is 17.3 Å². The van der Waals surface area contributed by atoms with Crippen LogP contribution in [0.5, 0.6) is 0 Å². The predicted octanol–water partition coefficient (Wildman–Crippen LogP) is 3.38. The summed E-state index contributed by atoms with van der Waals surface area (Å²) >= 11 is 7.21. The van der Waals surface area contributed by atoms with Crippen LogP contribution in [0.4, 0.5) is 5.00 Å². The second-order valence-corrected chi connectivity index (χ2v) is 8.26. The number of benzene rings is 1. The number of thiophene rings is 1. The second kappa shape index (κ2) is 7.81. The minimum Gasteiger partial charge on any atom is -0.365 e. The van der Waals surface area contributed by atoms with E-state index < -0.39 is 17.4 Å². The fourth-order valence-corrected chi connectivity index (χ4v) is 4.81. The van der Waals surface area contributed by atoms with Gasteiger partial charge in [-0.1, -0.05) is 11.6 Å². The molecule has 7 nitrogen and oxygen atoms in total. The summed E-state index contributed by atoms with van der Waals surface area (Å²) in [5.41, 5.74) is 6.75. The average molecular weight is 429 g/mol. The van der Waals surface area contributed by atoms with Gasteiger partial charge in [0.2, 0.25) is 0 Å². The molecule has 4 rings (SSSR count). The molecular formula is C20H17ClN4O3S. The van der Waals surface area contributed by atoms with Crippen LogP contribution in [0.1, 0.15) is 44.0 Å². The van der Waals surface area contributed by atoms with Crippen LogP contribution in [0.25, 0.3) is 11.4 Å². The van der Waals surface area contributed by atoms with Crippen LogP contribution in [0, 0.1) is 0 Å². The van der Waals surface area contributed by atoms with Crippen molar-refractivity contribution < 1.29 is 9.59 Å². The first kappa shape index (κ1) is 19.4. The molecule has 1 aliphatic rings. The van der Waals surface area contributed by atoms with Crippen molar-refractivity contribution in [2.75, 3.05) is 5.32 Å². The Hall–Kier alpha value is -2.97. The SMILES string of the molecule is NC(=O)c1c(NC(=O)c2cnc(-c3ccc(Cl)cc3)[nH]c2=O)sc2c1CCCC2. The molecule has 9 heteroatoms. The number of carbonyl (C=O) groups excluding carboxylic acids is 2. The van der Waals surface area contributed by atoms with Crippen LogP contribution in [0.2, 0.25) is 5.02 Å². The van der Waals surface area contributed by atoms with Gasteiger partial charge in [0.05, 0.1) is 5.56 Å². The van der Waals surface area contributed by atoms with Gasteiger partial charge < -0.3 is 16.0 Å². The van der Waals surface area contributed by atoms with Crippen molar-refractivity contribution in [3.8, 4) is 11.4 Å². The molecule has 1 aromatic carbocycles. The zero-order valence-corrected chi connectivity index (χ0v) is 16.8. The van der Waals surface area contributed by atoms with Gasteiger partial charge in [0, 0.05) is 21.7 Å². The monoisotopic (exact) mass is 428 g/mol. The van der Waals surface area contributed by atoms with Gasteiger partial charge in [-0.2, -0.15) is 0 Å². The molecule has 0 fully saturated rings. The smallest absolute Gasteiger partial charge is 0.264 e. The number of H-pyrrole nitrogens is 1. The molecule has 0 saturated carbocycles. The van der Waals surface area contributed by atoms with Crippen LogP contribution in [0.15, 0.2) is 35.3 Å². The maximum atomic E-state index is 12.7.